The fraction of sp³-hybridized carbons (Fsp3) is 0.318. The molecule has 1 amide bonds. The van der Waals surface area contributed by atoms with Crippen molar-refractivity contribution in [2.45, 2.75) is 39.7 Å². The van der Waals surface area contributed by atoms with Gasteiger partial charge in [0.05, 0.1) is 12.8 Å². The summed E-state index contributed by atoms with van der Waals surface area (Å²) in [6.45, 7) is 4.88. The van der Waals surface area contributed by atoms with Gasteiger partial charge in [-0.3, -0.25) is 4.79 Å². The molecule has 0 radical (unpaired) electrons. The van der Waals surface area contributed by atoms with Crippen molar-refractivity contribution in [3.05, 3.63) is 77.0 Å². The highest BCUT2D eigenvalue weighted by atomic mass is 16.3. The molecule has 0 spiro atoms. The lowest BCUT2D eigenvalue weighted by Crippen LogP contribution is -2.22. The van der Waals surface area contributed by atoms with Crippen molar-refractivity contribution in [2.75, 3.05) is 0 Å². The van der Waals surface area contributed by atoms with E-state index >= 15 is 0 Å². The second-order valence-corrected chi connectivity index (χ2v) is 7.25. The average molecular weight is 348 g/mol. The number of furan rings is 1. The molecule has 1 aliphatic rings. The third kappa shape index (κ3) is 3.19. The first-order valence-corrected chi connectivity index (χ1v) is 9.23. The molecule has 26 heavy (non-hydrogen) atoms. The van der Waals surface area contributed by atoms with Gasteiger partial charge in [-0.05, 0) is 80.1 Å². The van der Waals surface area contributed by atoms with Crippen LogP contribution in [-0.2, 0) is 19.4 Å². The lowest BCUT2D eigenvalue weighted by Gasteiger charge is -2.21. The predicted molar refractivity (Wildman–Crippen MR) is 102 cm³/mol. The third-order valence-corrected chi connectivity index (χ3v) is 5.21. The van der Waals surface area contributed by atoms with Gasteiger partial charge in [0.2, 0.25) is 0 Å². The first kappa shape index (κ1) is 16.7. The summed E-state index contributed by atoms with van der Waals surface area (Å²) in [6.07, 6.45) is 5.13. The Morgan fingerprint density at radius 1 is 1.27 bits per heavy atom. The molecule has 0 saturated carbocycles. The fourth-order valence-corrected chi connectivity index (χ4v) is 3.87. The molecule has 1 unspecified atom stereocenters. The summed E-state index contributed by atoms with van der Waals surface area (Å²) >= 11 is 0. The summed E-state index contributed by atoms with van der Waals surface area (Å²) in [7, 11) is 0. The minimum absolute atomic E-state index is 0.0898. The number of aromatic nitrogens is 1. The molecule has 0 saturated heterocycles. The fourth-order valence-electron chi connectivity index (χ4n) is 3.87. The van der Waals surface area contributed by atoms with E-state index in [2.05, 4.69) is 29.8 Å². The highest BCUT2D eigenvalue weighted by Gasteiger charge is 2.21. The van der Waals surface area contributed by atoms with E-state index in [-0.39, 0.29) is 5.91 Å². The van der Waals surface area contributed by atoms with Gasteiger partial charge in [0.25, 0.3) is 5.91 Å². The highest BCUT2D eigenvalue weighted by molar-refractivity contribution is 5.94. The van der Waals surface area contributed by atoms with E-state index in [0.29, 0.717) is 12.1 Å². The Kier molecular flexibility index (Phi) is 4.41. The van der Waals surface area contributed by atoms with Crippen molar-refractivity contribution in [3.8, 4) is 5.69 Å². The van der Waals surface area contributed by atoms with Crippen LogP contribution in [0.1, 0.15) is 46.4 Å². The molecule has 4 rings (SSSR count). The number of amides is 1. The molecule has 2 heterocycles. The Balaban J connectivity index is 1.52. The standard InChI is InChI=1S/C22H24N2O2/c1-15-5-10-21-18(12-15)13-16(2)24(21)19-8-6-17(7-9-19)22(25)23-14-20-4-3-11-26-20/h3-4,6-9,11,13,15H,5,10,12,14H2,1-2H3,(H,23,25). The molecule has 0 fully saturated rings. The van der Waals surface area contributed by atoms with Crippen molar-refractivity contribution in [1.29, 1.82) is 0 Å². The second kappa shape index (κ2) is 6.87. The number of hydrogen-bond acceptors (Lipinski definition) is 2. The van der Waals surface area contributed by atoms with Crippen LogP contribution in [0.5, 0.6) is 0 Å². The number of carbonyl (C=O) groups is 1. The molecule has 4 nitrogen and oxygen atoms in total. The van der Waals surface area contributed by atoms with Crippen molar-refractivity contribution in [3.63, 3.8) is 0 Å². The Morgan fingerprint density at radius 2 is 2.08 bits per heavy atom. The smallest absolute Gasteiger partial charge is 0.251 e. The van der Waals surface area contributed by atoms with Crippen molar-refractivity contribution >= 4 is 5.91 Å². The normalized spacial score (nSPS) is 16.3. The molecule has 1 N–H and O–H groups in total. The number of nitrogens with zero attached hydrogens (tertiary/aromatic N) is 1. The van der Waals surface area contributed by atoms with Crippen LogP contribution in [-0.4, -0.2) is 10.5 Å². The number of nitrogens with one attached hydrogen (secondary N) is 1. The minimum Gasteiger partial charge on any atom is -0.467 e. The zero-order valence-electron chi connectivity index (χ0n) is 15.3. The maximum absolute atomic E-state index is 12.3. The minimum atomic E-state index is -0.0898. The van der Waals surface area contributed by atoms with E-state index < -0.39 is 0 Å². The molecule has 2 aromatic heterocycles. The Bertz CT molecular complexity index is 905. The summed E-state index contributed by atoms with van der Waals surface area (Å²) < 4.78 is 7.58. The molecule has 1 atom stereocenters. The Labute approximate surface area is 153 Å². The van der Waals surface area contributed by atoms with E-state index in [1.807, 2.05) is 36.4 Å². The van der Waals surface area contributed by atoms with E-state index in [1.54, 1.807) is 6.26 Å². The summed E-state index contributed by atoms with van der Waals surface area (Å²) in [6, 6.07) is 13.8. The Morgan fingerprint density at radius 3 is 2.81 bits per heavy atom. The van der Waals surface area contributed by atoms with Crippen LogP contribution in [0.25, 0.3) is 5.69 Å². The molecule has 4 heteroatoms. The molecule has 1 aliphatic carbocycles. The van der Waals surface area contributed by atoms with Crippen molar-refractivity contribution in [2.24, 2.45) is 5.92 Å². The van der Waals surface area contributed by atoms with Crippen LogP contribution in [0.4, 0.5) is 0 Å². The van der Waals surface area contributed by atoms with Crippen LogP contribution in [0.3, 0.4) is 0 Å². The number of rotatable bonds is 4. The largest absolute Gasteiger partial charge is 0.467 e. The topological polar surface area (TPSA) is 47.2 Å². The highest BCUT2D eigenvalue weighted by Crippen LogP contribution is 2.30. The maximum Gasteiger partial charge on any atom is 0.251 e. The summed E-state index contributed by atoms with van der Waals surface area (Å²) in [5.41, 5.74) is 5.95. The van der Waals surface area contributed by atoms with Gasteiger partial charge in [-0.25, -0.2) is 0 Å². The molecule has 134 valence electrons. The average Bonchev–Trinajstić information content (AvgIpc) is 3.26. The van der Waals surface area contributed by atoms with Crippen LogP contribution < -0.4 is 5.32 Å². The summed E-state index contributed by atoms with van der Waals surface area (Å²) in [5.74, 6) is 1.42. The number of carbonyl (C=O) groups excluding carboxylic acids is 1. The van der Waals surface area contributed by atoms with Crippen LogP contribution in [0, 0.1) is 12.8 Å². The Hall–Kier alpha value is -2.75. The van der Waals surface area contributed by atoms with Crippen molar-refractivity contribution in [1.82, 2.24) is 9.88 Å². The molecular weight excluding hydrogens is 324 g/mol. The molecule has 3 aromatic rings. The van der Waals surface area contributed by atoms with E-state index in [1.165, 1.54) is 23.4 Å². The maximum atomic E-state index is 12.3. The van der Waals surface area contributed by atoms with Gasteiger partial charge < -0.3 is 14.3 Å². The van der Waals surface area contributed by atoms with Gasteiger partial charge in [0.15, 0.2) is 0 Å². The van der Waals surface area contributed by atoms with Gasteiger partial charge in [-0.1, -0.05) is 6.92 Å². The summed E-state index contributed by atoms with van der Waals surface area (Å²) in [4.78, 5) is 12.3. The zero-order chi connectivity index (χ0) is 18.1. The monoisotopic (exact) mass is 348 g/mol. The third-order valence-electron chi connectivity index (χ3n) is 5.21. The van der Waals surface area contributed by atoms with Crippen molar-refractivity contribution < 1.29 is 9.21 Å². The molecule has 0 aliphatic heterocycles. The first-order chi connectivity index (χ1) is 12.6. The van der Waals surface area contributed by atoms with Crippen LogP contribution >= 0.6 is 0 Å². The van der Waals surface area contributed by atoms with Gasteiger partial charge in [0.1, 0.15) is 5.76 Å². The van der Waals surface area contributed by atoms with Gasteiger partial charge in [0, 0.05) is 22.6 Å². The van der Waals surface area contributed by atoms with E-state index in [9.17, 15) is 4.79 Å². The lowest BCUT2D eigenvalue weighted by molar-refractivity contribution is 0.0948. The first-order valence-electron chi connectivity index (χ1n) is 9.23. The van der Waals surface area contributed by atoms with E-state index in [0.717, 1.165) is 30.2 Å². The van der Waals surface area contributed by atoms with Crippen LogP contribution in [0.2, 0.25) is 0 Å². The number of fused-ring (bicyclic) bond motifs is 1. The molecule has 0 bridgehead atoms. The summed E-state index contributed by atoms with van der Waals surface area (Å²) in [5, 5.41) is 2.88. The van der Waals surface area contributed by atoms with E-state index in [4.69, 9.17) is 4.42 Å². The SMILES string of the molecule is Cc1cc2c(n1-c1ccc(C(=O)NCc3ccco3)cc1)CCC(C)C2. The zero-order valence-corrected chi connectivity index (χ0v) is 15.3. The van der Waals surface area contributed by atoms with Gasteiger partial charge in [-0.15, -0.1) is 0 Å². The number of aryl methyl sites for hydroxylation is 1. The van der Waals surface area contributed by atoms with Gasteiger partial charge >= 0.3 is 0 Å². The quantitative estimate of drug-likeness (QED) is 0.758. The number of hydrogen-bond donors (Lipinski definition) is 1. The van der Waals surface area contributed by atoms with Gasteiger partial charge in [-0.2, -0.15) is 0 Å². The second-order valence-electron chi connectivity index (χ2n) is 7.25. The lowest BCUT2D eigenvalue weighted by atomic mass is 9.89. The number of benzene rings is 1. The molecule has 1 aromatic carbocycles. The van der Waals surface area contributed by atoms with Crippen LogP contribution in [0.15, 0.2) is 53.1 Å². The molecular formula is C22H24N2O2. The predicted octanol–water partition coefficient (Wildman–Crippen LogP) is 4.43.